The Labute approximate surface area is 236 Å². The highest BCUT2D eigenvalue weighted by Crippen LogP contribution is 2.25. The van der Waals surface area contributed by atoms with E-state index in [4.69, 9.17) is 0 Å². The lowest BCUT2D eigenvalue weighted by molar-refractivity contribution is -0.140. The molecule has 7 nitrogen and oxygen atoms in total. The topological polar surface area (TPSA) is 86.8 Å². The molecule has 9 heteroatoms. The van der Waals surface area contributed by atoms with Gasteiger partial charge in [0, 0.05) is 12.6 Å². The average molecular weight is 566 g/mol. The Hall–Kier alpha value is -3.72. The summed E-state index contributed by atoms with van der Waals surface area (Å²) >= 11 is 0. The normalized spacial score (nSPS) is 14.5. The predicted octanol–water partition coefficient (Wildman–Crippen LogP) is 5.20. The molecule has 1 atom stereocenters. The van der Waals surface area contributed by atoms with Crippen molar-refractivity contribution in [1.29, 1.82) is 0 Å². The summed E-state index contributed by atoms with van der Waals surface area (Å²) in [7, 11) is -4.11. The molecule has 1 saturated carbocycles. The highest BCUT2D eigenvalue weighted by atomic mass is 32.2. The molecular weight excluding hydrogens is 529 g/mol. The zero-order valence-electron chi connectivity index (χ0n) is 22.9. The van der Waals surface area contributed by atoms with Crippen molar-refractivity contribution in [3.8, 4) is 0 Å². The predicted molar refractivity (Wildman–Crippen MR) is 154 cm³/mol. The minimum atomic E-state index is -4.11. The van der Waals surface area contributed by atoms with Crippen LogP contribution in [0.2, 0.25) is 0 Å². The number of hydrogen-bond donors (Lipinski definition) is 1. The van der Waals surface area contributed by atoms with E-state index in [9.17, 15) is 22.4 Å². The fraction of sp³-hybridized carbons (Fsp3) is 0.355. The lowest BCUT2D eigenvalue weighted by Crippen LogP contribution is -2.53. The Balaban J connectivity index is 1.69. The minimum absolute atomic E-state index is 0.0306. The highest BCUT2D eigenvalue weighted by Gasteiger charge is 2.34. The zero-order chi connectivity index (χ0) is 28.7. The van der Waals surface area contributed by atoms with Crippen LogP contribution in [-0.2, 0) is 26.2 Å². The summed E-state index contributed by atoms with van der Waals surface area (Å²) in [6, 6.07) is 19.8. The SMILES string of the molecule is CCC(C(=O)NC1CCCC1)N(Cc1ccc(F)cc1)C(=O)CN(c1ccc(C)cc1)S(=O)(=O)c1ccccc1. The maximum absolute atomic E-state index is 14.1. The van der Waals surface area contributed by atoms with Crippen molar-refractivity contribution in [2.24, 2.45) is 0 Å². The molecule has 4 rings (SSSR count). The van der Waals surface area contributed by atoms with Gasteiger partial charge in [-0.15, -0.1) is 0 Å². The molecule has 1 aliphatic rings. The average Bonchev–Trinajstić information content (AvgIpc) is 3.46. The Morgan fingerprint density at radius 1 is 0.950 bits per heavy atom. The van der Waals surface area contributed by atoms with Crippen molar-refractivity contribution >= 4 is 27.5 Å². The first kappa shape index (κ1) is 29.3. The van der Waals surface area contributed by atoms with E-state index in [2.05, 4.69) is 5.32 Å². The minimum Gasteiger partial charge on any atom is -0.352 e. The molecule has 0 radical (unpaired) electrons. The Morgan fingerprint density at radius 3 is 2.17 bits per heavy atom. The number of nitrogens with zero attached hydrogens (tertiary/aromatic N) is 2. The molecule has 0 spiro atoms. The monoisotopic (exact) mass is 565 g/mol. The number of nitrogens with one attached hydrogen (secondary N) is 1. The van der Waals surface area contributed by atoms with Crippen molar-refractivity contribution < 1.29 is 22.4 Å². The number of aryl methyl sites for hydroxylation is 1. The third kappa shape index (κ3) is 7.07. The Kier molecular flexibility index (Phi) is 9.58. The van der Waals surface area contributed by atoms with Gasteiger partial charge in [-0.25, -0.2) is 12.8 Å². The van der Waals surface area contributed by atoms with Gasteiger partial charge in [-0.3, -0.25) is 13.9 Å². The Bertz CT molecular complexity index is 1390. The van der Waals surface area contributed by atoms with Gasteiger partial charge in [-0.05, 0) is 68.1 Å². The quantitative estimate of drug-likeness (QED) is 0.347. The van der Waals surface area contributed by atoms with E-state index >= 15 is 0 Å². The Morgan fingerprint density at radius 2 is 1.57 bits per heavy atom. The van der Waals surface area contributed by atoms with Gasteiger partial charge >= 0.3 is 0 Å². The molecule has 2 amide bonds. The van der Waals surface area contributed by atoms with Crippen molar-refractivity contribution in [3.05, 3.63) is 95.8 Å². The van der Waals surface area contributed by atoms with Gasteiger partial charge in [0.25, 0.3) is 10.0 Å². The first-order valence-electron chi connectivity index (χ1n) is 13.7. The maximum atomic E-state index is 14.1. The molecule has 3 aromatic rings. The summed E-state index contributed by atoms with van der Waals surface area (Å²) in [5.74, 6) is -1.21. The van der Waals surface area contributed by atoms with Crippen molar-refractivity contribution in [2.45, 2.75) is 69.5 Å². The summed E-state index contributed by atoms with van der Waals surface area (Å²) in [5, 5.41) is 3.08. The van der Waals surface area contributed by atoms with Crippen LogP contribution in [0.1, 0.15) is 50.2 Å². The molecule has 1 unspecified atom stereocenters. The smallest absolute Gasteiger partial charge is 0.264 e. The first-order valence-corrected chi connectivity index (χ1v) is 15.1. The number of carbonyl (C=O) groups excluding carboxylic acids is 2. The van der Waals surface area contributed by atoms with Crippen LogP contribution in [0.15, 0.2) is 83.8 Å². The van der Waals surface area contributed by atoms with Gasteiger partial charge in [0.05, 0.1) is 10.6 Å². The summed E-state index contributed by atoms with van der Waals surface area (Å²) in [4.78, 5) is 29.0. The molecule has 0 bridgehead atoms. The molecule has 0 aromatic heterocycles. The lowest BCUT2D eigenvalue weighted by atomic mass is 10.1. The third-order valence-electron chi connectivity index (χ3n) is 7.29. The first-order chi connectivity index (χ1) is 19.2. The number of anilines is 1. The molecule has 40 heavy (non-hydrogen) atoms. The van der Waals surface area contributed by atoms with Crippen LogP contribution < -0.4 is 9.62 Å². The molecule has 3 aromatic carbocycles. The van der Waals surface area contributed by atoms with E-state index in [1.54, 1.807) is 54.6 Å². The number of rotatable bonds is 11. The lowest BCUT2D eigenvalue weighted by Gasteiger charge is -2.33. The standard InChI is InChI=1S/C31H36FN3O4S/c1-3-29(31(37)33-26-9-7-8-10-26)34(21-24-15-17-25(32)18-16-24)30(36)22-35(27-19-13-23(2)14-20-27)40(38,39)28-11-5-4-6-12-28/h4-6,11-20,26,29H,3,7-10,21-22H2,1-2H3,(H,33,37). The molecule has 212 valence electrons. The number of carbonyl (C=O) groups is 2. The number of sulfonamides is 1. The van der Waals surface area contributed by atoms with Gasteiger partial charge in [-0.2, -0.15) is 0 Å². The molecule has 0 heterocycles. The van der Waals surface area contributed by atoms with Gasteiger partial charge in [-0.1, -0.05) is 67.8 Å². The van der Waals surface area contributed by atoms with Crippen LogP contribution in [-0.4, -0.2) is 43.8 Å². The van der Waals surface area contributed by atoms with Gasteiger partial charge in [0.1, 0.15) is 18.4 Å². The number of benzene rings is 3. The number of halogens is 1. The van der Waals surface area contributed by atoms with E-state index in [-0.39, 0.29) is 23.4 Å². The van der Waals surface area contributed by atoms with E-state index in [1.165, 1.54) is 29.2 Å². The third-order valence-corrected chi connectivity index (χ3v) is 9.07. The summed E-state index contributed by atoms with van der Waals surface area (Å²) in [5.41, 5.74) is 1.92. The van der Waals surface area contributed by atoms with Crippen LogP contribution in [0, 0.1) is 12.7 Å². The fourth-order valence-electron chi connectivity index (χ4n) is 5.03. The van der Waals surface area contributed by atoms with Gasteiger partial charge in [0.15, 0.2) is 0 Å². The molecule has 1 N–H and O–H groups in total. The van der Waals surface area contributed by atoms with E-state index in [1.807, 2.05) is 13.8 Å². The molecule has 0 saturated heterocycles. The second kappa shape index (κ2) is 13.1. The van der Waals surface area contributed by atoms with Crippen LogP contribution in [0.5, 0.6) is 0 Å². The molecule has 1 aliphatic carbocycles. The van der Waals surface area contributed by atoms with Crippen LogP contribution in [0.4, 0.5) is 10.1 Å². The number of hydrogen-bond acceptors (Lipinski definition) is 4. The van der Waals surface area contributed by atoms with Crippen molar-refractivity contribution in [1.82, 2.24) is 10.2 Å². The van der Waals surface area contributed by atoms with Gasteiger partial charge < -0.3 is 10.2 Å². The zero-order valence-corrected chi connectivity index (χ0v) is 23.7. The summed E-state index contributed by atoms with van der Waals surface area (Å²) in [6.45, 7) is 3.24. The fourth-order valence-corrected chi connectivity index (χ4v) is 6.47. The molecule has 0 aliphatic heterocycles. The molecule has 1 fully saturated rings. The maximum Gasteiger partial charge on any atom is 0.264 e. The van der Waals surface area contributed by atoms with Crippen LogP contribution >= 0.6 is 0 Å². The van der Waals surface area contributed by atoms with Crippen molar-refractivity contribution in [2.75, 3.05) is 10.8 Å². The highest BCUT2D eigenvalue weighted by molar-refractivity contribution is 7.92. The second-order valence-electron chi connectivity index (χ2n) is 10.2. The summed E-state index contributed by atoms with van der Waals surface area (Å²) in [6.07, 6.45) is 4.21. The van der Waals surface area contributed by atoms with Crippen LogP contribution in [0.3, 0.4) is 0 Å². The molecular formula is C31H36FN3O4S. The van der Waals surface area contributed by atoms with E-state index in [0.717, 1.165) is 35.6 Å². The van der Waals surface area contributed by atoms with Gasteiger partial charge in [0.2, 0.25) is 11.8 Å². The number of amides is 2. The van der Waals surface area contributed by atoms with Crippen LogP contribution in [0.25, 0.3) is 0 Å². The van der Waals surface area contributed by atoms with E-state index in [0.29, 0.717) is 17.7 Å². The second-order valence-corrected chi connectivity index (χ2v) is 12.1. The van der Waals surface area contributed by atoms with E-state index < -0.39 is 34.3 Å². The largest absolute Gasteiger partial charge is 0.352 e. The summed E-state index contributed by atoms with van der Waals surface area (Å²) < 4.78 is 42.3. The van der Waals surface area contributed by atoms with Crippen molar-refractivity contribution in [3.63, 3.8) is 0 Å².